The molecule has 0 atom stereocenters. The summed E-state index contributed by atoms with van der Waals surface area (Å²) >= 11 is 0. The standard InChI is InChI=1S/2C16H30O2.Ni/c2*1-2-3-4-5-6-7-8-9-10-11-12-13-14-15-16(17)18;/h2*7-8H,2-6,9-15H2,1H3,(H,17,18);/b2*8-7-;. The Kier molecular flexibility index (Phi) is 40.5. The molecule has 0 aliphatic rings. The molecule has 0 rings (SSSR count). The van der Waals surface area contributed by atoms with Gasteiger partial charge >= 0.3 is 11.9 Å². The van der Waals surface area contributed by atoms with Gasteiger partial charge in [0.2, 0.25) is 0 Å². The number of aliphatic carboxylic acids is 2. The van der Waals surface area contributed by atoms with Crippen molar-refractivity contribution >= 4 is 11.9 Å². The van der Waals surface area contributed by atoms with Crippen molar-refractivity contribution in [3.05, 3.63) is 24.3 Å². The molecule has 0 amide bonds. The zero-order valence-corrected chi connectivity index (χ0v) is 25.3. The Morgan fingerprint density at radius 1 is 0.432 bits per heavy atom. The van der Waals surface area contributed by atoms with Crippen LogP contribution in [0.25, 0.3) is 0 Å². The van der Waals surface area contributed by atoms with Crippen LogP contribution < -0.4 is 0 Å². The minimum Gasteiger partial charge on any atom is -0.481 e. The second-order valence-electron chi connectivity index (χ2n) is 10.0. The van der Waals surface area contributed by atoms with E-state index in [1.54, 1.807) is 0 Å². The van der Waals surface area contributed by atoms with Crippen molar-refractivity contribution in [2.75, 3.05) is 0 Å². The minimum absolute atomic E-state index is 0. The predicted molar refractivity (Wildman–Crippen MR) is 156 cm³/mol. The Hall–Kier alpha value is -1.09. The Balaban J connectivity index is -0.000000608. The van der Waals surface area contributed by atoms with Gasteiger partial charge in [-0.2, -0.15) is 0 Å². The van der Waals surface area contributed by atoms with Crippen LogP contribution in [0.2, 0.25) is 0 Å². The van der Waals surface area contributed by atoms with Gasteiger partial charge in [-0.15, -0.1) is 0 Å². The Morgan fingerprint density at radius 3 is 0.946 bits per heavy atom. The summed E-state index contributed by atoms with van der Waals surface area (Å²) in [5.41, 5.74) is 0. The Morgan fingerprint density at radius 2 is 0.676 bits per heavy atom. The molecule has 4 nitrogen and oxygen atoms in total. The number of hydrogen-bond donors (Lipinski definition) is 2. The van der Waals surface area contributed by atoms with Gasteiger partial charge in [-0.1, -0.05) is 115 Å². The topological polar surface area (TPSA) is 74.6 Å². The molecule has 0 aliphatic carbocycles. The van der Waals surface area contributed by atoms with Gasteiger partial charge in [0, 0.05) is 29.3 Å². The van der Waals surface area contributed by atoms with Gasteiger partial charge in [0.15, 0.2) is 0 Å². The van der Waals surface area contributed by atoms with E-state index in [4.69, 9.17) is 10.2 Å². The second kappa shape index (κ2) is 37.1. The maximum absolute atomic E-state index is 10.3. The molecule has 5 heteroatoms. The molecule has 0 bridgehead atoms. The smallest absolute Gasteiger partial charge is 0.303 e. The number of carbonyl (C=O) groups is 2. The van der Waals surface area contributed by atoms with Gasteiger partial charge in [-0.25, -0.2) is 0 Å². The first-order chi connectivity index (χ1) is 17.5. The molecule has 222 valence electrons. The van der Waals surface area contributed by atoms with Crippen LogP contribution >= 0.6 is 0 Å². The summed E-state index contributed by atoms with van der Waals surface area (Å²) in [6.07, 6.45) is 36.6. The maximum Gasteiger partial charge on any atom is 0.303 e. The molecule has 0 saturated carbocycles. The monoisotopic (exact) mass is 566 g/mol. The summed E-state index contributed by atoms with van der Waals surface area (Å²) in [6, 6.07) is 0. The summed E-state index contributed by atoms with van der Waals surface area (Å²) in [7, 11) is 0. The fourth-order valence-corrected chi connectivity index (χ4v) is 3.99. The molecule has 0 aliphatic heterocycles. The third kappa shape index (κ3) is 45.2. The van der Waals surface area contributed by atoms with E-state index in [1.165, 1.54) is 116 Å². The van der Waals surface area contributed by atoms with Crippen LogP contribution in [0.4, 0.5) is 0 Å². The van der Waals surface area contributed by atoms with E-state index in [2.05, 4.69) is 38.2 Å². The molecule has 0 aromatic heterocycles. The first-order valence-corrected chi connectivity index (χ1v) is 15.3. The number of carboxylic acid groups (broad SMARTS) is 2. The molecular formula is C32H60NiO4. The van der Waals surface area contributed by atoms with Crippen LogP contribution in [-0.4, -0.2) is 22.2 Å². The van der Waals surface area contributed by atoms with Crippen LogP contribution in [-0.2, 0) is 26.1 Å². The molecule has 2 N–H and O–H groups in total. The molecule has 0 unspecified atom stereocenters. The van der Waals surface area contributed by atoms with E-state index in [1.807, 2.05) is 0 Å². The van der Waals surface area contributed by atoms with Crippen molar-refractivity contribution in [3.8, 4) is 0 Å². The molecule has 0 spiro atoms. The summed E-state index contributed by atoms with van der Waals surface area (Å²) in [5, 5.41) is 17.0. The van der Waals surface area contributed by atoms with Gasteiger partial charge in [0.05, 0.1) is 0 Å². The molecule has 37 heavy (non-hydrogen) atoms. The van der Waals surface area contributed by atoms with E-state index < -0.39 is 11.9 Å². The fraction of sp³-hybridized carbons (Fsp3) is 0.812. The summed E-state index contributed by atoms with van der Waals surface area (Å²) in [5.74, 6) is -1.33. The SMILES string of the molecule is CCCCCC/C=C\CCCCCCCC(=O)O.CCCCCC/C=C\CCCCCCCC(=O)O.[Ni]. The first kappa shape index (κ1) is 40.4. The van der Waals surface area contributed by atoms with Gasteiger partial charge in [-0.3, -0.25) is 9.59 Å². The average molecular weight is 568 g/mol. The van der Waals surface area contributed by atoms with Crippen molar-refractivity contribution in [3.63, 3.8) is 0 Å². The molecule has 0 fully saturated rings. The quantitative estimate of drug-likeness (QED) is 0.0619. The number of allylic oxidation sites excluding steroid dienone is 4. The minimum atomic E-state index is -0.666. The molecule has 0 aromatic carbocycles. The Labute approximate surface area is 240 Å². The van der Waals surface area contributed by atoms with Gasteiger partial charge < -0.3 is 10.2 Å². The molecule has 0 radical (unpaired) electrons. The summed E-state index contributed by atoms with van der Waals surface area (Å²) in [6.45, 7) is 4.48. The van der Waals surface area contributed by atoms with E-state index >= 15 is 0 Å². The zero-order chi connectivity index (χ0) is 27.0. The normalized spacial score (nSPS) is 10.9. The van der Waals surface area contributed by atoms with E-state index in [0.29, 0.717) is 12.8 Å². The van der Waals surface area contributed by atoms with E-state index in [-0.39, 0.29) is 16.5 Å². The average Bonchev–Trinajstić information content (AvgIpc) is 2.85. The first-order valence-electron chi connectivity index (χ1n) is 15.3. The summed E-state index contributed by atoms with van der Waals surface area (Å²) in [4.78, 5) is 20.6. The van der Waals surface area contributed by atoms with Gasteiger partial charge in [0.25, 0.3) is 0 Å². The third-order valence-corrected chi connectivity index (χ3v) is 6.30. The number of carboxylic acids is 2. The van der Waals surface area contributed by atoms with Crippen LogP contribution in [0, 0.1) is 0 Å². The molecule has 0 saturated heterocycles. The fourth-order valence-electron chi connectivity index (χ4n) is 3.99. The summed E-state index contributed by atoms with van der Waals surface area (Å²) < 4.78 is 0. The number of unbranched alkanes of at least 4 members (excludes halogenated alkanes) is 18. The Bertz CT molecular complexity index is 471. The molecule has 0 heterocycles. The van der Waals surface area contributed by atoms with Crippen molar-refractivity contribution in [1.82, 2.24) is 0 Å². The van der Waals surface area contributed by atoms with Crippen molar-refractivity contribution in [2.24, 2.45) is 0 Å². The van der Waals surface area contributed by atoms with E-state index in [9.17, 15) is 9.59 Å². The second-order valence-corrected chi connectivity index (χ2v) is 10.0. The molecular weight excluding hydrogens is 507 g/mol. The van der Waals surface area contributed by atoms with Gasteiger partial charge in [-0.05, 0) is 64.2 Å². The predicted octanol–water partition coefficient (Wildman–Crippen LogP) is 10.7. The van der Waals surface area contributed by atoms with Gasteiger partial charge in [0.1, 0.15) is 0 Å². The van der Waals surface area contributed by atoms with Crippen LogP contribution in [0.5, 0.6) is 0 Å². The number of rotatable bonds is 26. The van der Waals surface area contributed by atoms with Crippen LogP contribution in [0.3, 0.4) is 0 Å². The number of hydrogen-bond acceptors (Lipinski definition) is 2. The van der Waals surface area contributed by atoms with Crippen LogP contribution in [0.1, 0.15) is 168 Å². The molecule has 0 aromatic rings. The zero-order valence-electron chi connectivity index (χ0n) is 24.3. The van der Waals surface area contributed by atoms with Crippen LogP contribution in [0.15, 0.2) is 24.3 Å². The van der Waals surface area contributed by atoms with Crippen molar-refractivity contribution in [2.45, 2.75) is 168 Å². The third-order valence-electron chi connectivity index (χ3n) is 6.30. The largest absolute Gasteiger partial charge is 0.481 e. The van der Waals surface area contributed by atoms with E-state index in [0.717, 1.165) is 25.7 Å². The van der Waals surface area contributed by atoms with Crippen molar-refractivity contribution in [1.29, 1.82) is 0 Å². The maximum atomic E-state index is 10.3. The van der Waals surface area contributed by atoms with Crippen molar-refractivity contribution < 1.29 is 36.3 Å².